The van der Waals surface area contributed by atoms with Crippen LogP contribution in [0.25, 0.3) is 0 Å². The second-order valence-electron chi connectivity index (χ2n) is 26.6. The quantitative estimate of drug-likeness (QED) is 0.0222. The molecule has 0 saturated heterocycles. The number of hydrogen-bond donors (Lipinski definition) is 3. The van der Waals surface area contributed by atoms with Crippen LogP contribution >= 0.6 is 15.6 Å². The van der Waals surface area contributed by atoms with E-state index in [0.29, 0.717) is 25.7 Å². The van der Waals surface area contributed by atoms with Gasteiger partial charge in [0.25, 0.3) is 0 Å². The van der Waals surface area contributed by atoms with Gasteiger partial charge in [-0.25, -0.2) is 9.13 Å². The van der Waals surface area contributed by atoms with Crippen LogP contribution in [0.15, 0.2) is 0 Å². The maximum absolute atomic E-state index is 13.0. The van der Waals surface area contributed by atoms with Gasteiger partial charge in [-0.05, 0) is 49.4 Å². The van der Waals surface area contributed by atoms with Crippen molar-refractivity contribution in [1.29, 1.82) is 0 Å². The van der Waals surface area contributed by atoms with Crippen molar-refractivity contribution in [1.82, 2.24) is 0 Å². The minimum atomic E-state index is -4.95. The Bertz CT molecular complexity index is 1750. The number of carbonyl (C=O) groups is 4. The molecule has 88 heavy (non-hydrogen) atoms. The normalized spacial score (nSPS) is 14.6. The molecule has 3 N–H and O–H groups in total. The molecule has 0 bridgehead atoms. The third-order valence-corrected chi connectivity index (χ3v) is 18.1. The van der Waals surface area contributed by atoms with Crippen LogP contribution in [0, 0.1) is 23.7 Å². The number of phosphoric acid groups is 2. The lowest BCUT2D eigenvalue weighted by Gasteiger charge is -2.21. The smallest absolute Gasteiger partial charge is 0.462 e. The molecule has 0 saturated carbocycles. The predicted molar refractivity (Wildman–Crippen MR) is 354 cm³/mol. The number of esters is 4. The zero-order chi connectivity index (χ0) is 65.4. The van der Waals surface area contributed by atoms with Gasteiger partial charge in [-0.2, -0.15) is 0 Å². The van der Waals surface area contributed by atoms with E-state index < -0.39 is 97.5 Å². The highest BCUT2D eigenvalue weighted by Crippen LogP contribution is 2.45. The lowest BCUT2D eigenvalue weighted by molar-refractivity contribution is -0.161. The number of rotatable bonds is 66. The molecule has 19 heteroatoms. The summed E-state index contributed by atoms with van der Waals surface area (Å²) in [7, 11) is -9.90. The maximum Gasteiger partial charge on any atom is 0.472 e. The highest BCUT2D eigenvalue weighted by atomic mass is 31.2. The maximum atomic E-state index is 13.0. The van der Waals surface area contributed by atoms with Crippen LogP contribution in [-0.4, -0.2) is 96.7 Å². The topological polar surface area (TPSA) is 237 Å². The van der Waals surface area contributed by atoms with Crippen molar-refractivity contribution in [3.05, 3.63) is 0 Å². The Morgan fingerprint density at radius 1 is 0.318 bits per heavy atom. The van der Waals surface area contributed by atoms with Crippen molar-refractivity contribution >= 4 is 39.5 Å². The molecule has 4 unspecified atom stereocenters. The van der Waals surface area contributed by atoms with Gasteiger partial charge in [0, 0.05) is 25.7 Å². The summed E-state index contributed by atoms with van der Waals surface area (Å²) in [6, 6.07) is 0. The number of ether oxygens (including phenoxy) is 4. The highest BCUT2D eigenvalue weighted by Gasteiger charge is 2.30. The molecule has 0 spiro atoms. The van der Waals surface area contributed by atoms with E-state index in [2.05, 4.69) is 55.4 Å². The Morgan fingerprint density at radius 3 is 0.807 bits per heavy atom. The van der Waals surface area contributed by atoms with Crippen LogP contribution in [0.5, 0.6) is 0 Å². The fourth-order valence-corrected chi connectivity index (χ4v) is 11.9. The van der Waals surface area contributed by atoms with Gasteiger partial charge in [-0.1, -0.05) is 287 Å². The Balaban J connectivity index is 5.25. The van der Waals surface area contributed by atoms with Crippen LogP contribution in [-0.2, 0) is 65.4 Å². The Labute approximate surface area is 537 Å². The molecule has 0 aliphatic heterocycles. The highest BCUT2D eigenvalue weighted by molar-refractivity contribution is 7.47. The number of aliphatic hydroxyl groups excluding tert-OH is 1. The molecular formula is C69H134O17P2. The van der Waals surface area contributed by atoms with Crippen LogP contribution in [0.1, 0.15) is 338 Å². The molecule has 0 aromatic carbocycles. The molecule has 0 amide bonds. The molecule has 522 valence electrons. The molecule has 0 aliphatic rings. The van der Waals surface area contributed by atoms with E-state index in [1.807, 2.05) is 0 Å². The minimum absolute atomic E-state index is 0.102. The molecule has 0 heterocycles. The van der Waals surface area contributed by atoms with Crippen molar-refractivity contribution in [3.8, 4) is 0 Å². The van der Waals surface area contributed by atoms with Gasteiger partial charge in [-0.15, -0.1) is 0 Å². The van der Waals surface area contributed by atoms with E-state index in [1.54, 1.807) is 0 Å². The molecule has 17 nitrogen and oxygen atoms in total. The lowest BCUT2D eigenvalue weighted by atomic mass is 10.00. The Morgan fingerprint density at radius 2 is 0.545 bits per heavy atom. The molecule has 6 atom stereocenters. The van der Waals surface area contributed by atoms with Crippen LogP contribution in [0.2, 0.25) is 0 Å². The molecule has 0 aromatic rings. The van der Waals surface area contributed by atoms with E-state index >= 15 is 0 Å². The van der Waals surface area contributed by atoms with E-state index in [9.17, 15) is 43.2 Å². The predicted octanol–water partition coefficient (Wildman–Crippen LogP) is 19.3. The molecule has 0 rings (SSSR count). The average Bonchev–Trinajstić information content (AvgIpc) is 3.64. The summed E-state index contributed by atoms with van der Waals surface area (Å²) in [4.78, 5) is 72.5. The van der Waals surface area contributed by atoms with Crippen molar-refractivity contribution in [2.45, 2.75) is 356 Å². The van der Waals surface area contributed by atoms with Crippen LogP contribution in [0.4, 0.5) is 0 Å². The first kappa shape index (κ1) is 86.1. The van der Waals surface area contributed by atoms with E-state index in [-0.39, 0.29) is 25.7 Å². The van der Waals surface area contributed by atoms with Crippen LogP contribution < -0.4 is 0 Å². The number of carbonyl (C=O) groups excluding carboxylic acids is 4. The van der Waals surface area contributed by atoms with E-state index in [1.165, 1.54) is 141 Å². The summed E-state index contributed by atoms with van der Waals surface area (Å²) in [5.74, 6) is 0.836. The second kappa shape index (κ2) is 58.8. The molecule has 0 fully saturated rings. The van der Waals surface area contributed by atoms with Gasteiger partial charge < -0.3 is 33.8 Å². The van der Waals surface area contributed by atoms with Gasteiger partial charge in [-0.3, -0.25) is 37.3 Å². The summed E-state index contributed by atoms with van der Waals surface area (Å²) in [6.07, 6.45) is 40.4. The fourth-order valence-electron chi connectivity index (χ4n) is 10.3. The van der Waals surface area contributed by atoms with Gasteiger partial charge in [0.15, 0.2) is 12.2 Å². The fraction of sp³-hybridized carbons (Fsp3) is 0.942. The summed E-state index contributed by atoms with van der Waals surface area (Å²) in [6.45, 7) is 14.1. The minimum Gasteiger partial charge on any atom is -0.462 e. The first-order valence-electron chi connectivity index (χ1n) is 35.7. The SMILES string of the molecule is CCC(C)CCCCCCCCC(=O)O[C@H](COC(=O)CCCCCCCCCCCCCC(C)C)COP(=O)(O)OCC(O)COP(=O)(O)OC[C@@H](COC(=O)CCCCCCCCCCC(C)C)OC(=O)CCCCCCCCCCCCC(C)C. The first-order valence-corrected chi connectivity index (χ1v) is 38.7. The molecule has 0 radical (unpaired) electrons. The van der Waals surface area contributed by atoms with E-state index in [0.717, 1.165) is 114 Å². The summed E-state index contributed by atoms with van der Waals surface area (Å²) >= 11 is 0. The van der Waals surface area contributed by atoms with Gasteiger partial charge in [0.1, 0.15) is 19.3 Å². The zero-order valence-corrected chi connectivity index (χ0v) is 59.1. The lowest BCUT2D eigenvalue weighted by Crippen LogP contribution is -2.30. The van der Waals surface area contributed by atoms with Gasteiger partial charge >= 0.3 is 39.5 Å². The average molecular weight is 1300 g/mol. The second-order valence-corrected chi connectivity index (χ2v) is 29.5. The number of unbranched alkanes of at least 4 members (excludes halogenated alkanes) is 31. The standard InChI is InChI=1S/C69H134O17P2/c1-9-62(8)48-40-32-27-28-36-44-52-69(74)86-65(56-79-66(71)49-41-33-24-17-12-10-11-15-21-29-37-45-59(2)3)58-84-88(77,78)82-54-63(70)53-81-87(75,76)83-57-64(55-80-67(72)50-42-34-25-20-19-23-31-39-47-61(6)7)85-68(73)51-43-35-26-18-14-13-16-22-30-38-46-60(4)5/h59-65,70H,9-58H2,1-8H3,(H,75,76)(H,77,78)/t62?,63?,64-,65-/m1/s1. The van der Waals surface area contributed by atoms with Crippen molar-refractivity contribution in [3.63, 3.8) is 0 Å². The number of phosphoric ester groups is 2. The van der Waals surface area contributed by atoms with Gasteiger partial charge in [0.05, 0.1) is 26.4 Å². The molecule has 0 aromatic heterocycles. The summed E-state index contributed by atoms with van der Waals surface area (Å²) in [5, 5.41) is 10.6. The third kappa shape index (κ3) is 61.6. The van der Waals surface area contributed by atoms with Crippen molar-refractivity contribution in [2.24, 2.45) is 23.7 Å². The van der Waals surface area contributed by atoms with Crippen LogP contribution in [0.3, 0.4) is 0 Å². The third-order valence-electron chi connectivity index (χ3n) is 16.2. The van der Waals surface area contributed by atoms with Crippen molar-refractivity contribution < 1.29 is 80.2 Å². The first-order chi connectivity index (χ1) is 42.1. The van der Waals surface area contributed by atoms with Gasteiger partial charge in [0.2, 0.25) is 0 Å². The molecular weight excluding hydrogens is 1160 g/mol. The van der Waals surface area contributed by atoms with E-state index in [4.69, 9.17) is 37.0 Å². The molecule has 0 aliphatic carbocycles. The Hall–Kier alpha value is -1.94. The number of hydrogen-bond acceptors (Lipinski definition) is 15. The largest absolute Gasteiger partial charge is 0.472 e. The number of aliphatic hydroxyl groups is 1. The van der Waals surface area contributed by atoms with Crippen molar-refractivity contribution in [2.75, 3.05) is 39.6 Å². The zero-order valence-electron chi connectivity index (χ0n) is 57.3. The summed E-state index contributed by atoms with van der Waals surface area (Å²) < 4.78 is 68.2. The monoisotopic (exact) mass is 1300 g/mol. The summed E-state index contributed by atoms with van der Waals surface area (Å²) in [5.41, 5.74) is 0. The Kier molecular flexibility index (Phi) is 57.6.